The Morgan fingerprint density at radius 3 is 1.29 bits per heavy atom. The summed E-state index contributed by atoms with van der Waals surface area (Å²) in [6.07, 6.45) is 51.7. The molecule has 0 rings (SSSR count). The predicted molar refractivity (Wildman–Crippen MR) is 236 cm³/mol. The third-order valence-corrected chi connectivity index (χ3v) is 11.0. The van der Waals surface area contributed by atoms with Gasteiger partial charge in [-0.3, -0.25) is 9.59 Å². The lowest BCUT2D eigenvalue weighted by Crippen LogP contribution is -2.45. The van der Waals surface area contributed by atoms with Crippen LogP contribution in [0.2, 0.25) is 0 Å². The lowest BCUT2D eigenvalue weighted by Gasteiger charge is -2.20. The van der Waals surface area contributed by atoms with Crippen molar-refractivity contribution in [2.45, 2.75) is 264 Å². The molecule has 55 heavy (non-hydrogen) atoms. The van der Waals surface area contributed by atoms with Gasteiger partial charge in [0, 0.05) is 12.8 Å². The summed E-state index contributed by atoms with van der Waals surface area (Å²) in [7, 11) is 0. The second-order valence-electron chi connectivity index (χ2n) is 16.4. The highest BCUT2D eigenvalue weighted by molar-refractivity contribution is 5.76. The quantitative estimate of drug-likeness (QED) is 0.0325. The van der Waals surface area contributed by atoms with Gasteiger partial charge in [0.15, 0.2) is 0 Å². The van der Waals surface area contributed by atoms with E-state index >= 15 is 0 Å². The minimum Gasteiger partial charge on any atom is -0.466 e. The van der Waals surface area contributed by atoms with Crippen LogP contribution in [0.5, 0.6) is 0 Å². The zero-order valence-corrected chi connectivity index (χ0v) is 36.7. The number of esters is 1. The van der Waals surface area contributed by atoms with E-state index in [4.69, 9.17) is 4.74 Å². The van der Waals surface area contributed by atoms with Crippen molar-refractivity contribution in [1.29, 1.82) is 0 Å². The molecular weight excluding hydrogens is 683 g/mol. The minimum absolute atomic E-state index is 0.0391. The average Bonchev–Trinajstić information content (AvgIpc) is 3.18. The van der Waals surface area contributed by atoms with E-state index in [1.54, 1.807) is 6.08 Å². The molecule has 0 aliphatic rings. The standard InChI is InChI=1S/C49H93NO5/c1-3-5-7-9-11-13-15-16-17-18-19-20-22-25-29-33-37-41-47(52)46(45-51)50-48(53)42-38-34-30-26-23-24-28-32-36-40-44-55-49(54)43-39-35-31-27-21-14-12-10-8-6-4-2/h24,28,37,41,46-47,51-52H,3-23,25-27,29-36,38-40,42-45H2,1-2H3,(H,50,53)/b28-24-,41-37+. The third-order valence-electron chi connectivity index (χ3n) is 11.0. The molecule has 6 heteroatoms. The second kappa shape index (κ2) is 45.0. The normalized spacial score (nSPS) is 12.9. The highest BCUT2D eigenvalue weighted by Crippen LogP contribution is 2.15. The van der Waals surface area contributed by atoms with Crippen molar-refractivity contribution >= 4 is 11.9 Å². The largest absolute Gasteiger partial charge is 0.466 e. The predicted octanol–water partition coefficient (Wildman–Crippen LogP) is 14.0. The summed E-state index contributed by atoms with van der Waals surface area (Å²) in [6, 6.07) is -0.652. The summed E-state index contributed by atoms with van der Waals surface area (Å²) < 4.78 is 5.41. The van der Waals surface area contributed by atoms with Crippen molar-refractivity contribution in [2.24, 2.45) is 0 Å². The maximum Gasteiger partial charge on any atom is 0.305 e. The first-order valence-corrected chi connectivity index (χ1v) is 24.1. The fourth-order valence-electron chi connectivity index (χ4n) is 7.21. The Hall–Kier alpha value is -1.66. The number of allylic oxidation sites excluding steroid dienone is 3. The Morgan fingerprint density at radius 2 is 0.855 bits per heavy atom. The summed E-state index contributed by atoms with van der Waals surface area (Å²) >= 11 is 0. The van der Waals surface area contributed by atoms with Gasteiger partial charge in [0.2, 0.25) is 5.91 Å². The van der Waals surface area contributed by atoms with Gasteiger partial charge in [-0.1, -0.05) is 205 Å². The molecule has 0 aromatic rings. The van der Waals surface area contributed by atoms with Crippen LogP contribution in [-0.2, 0) is 14.3 Å². The molecule has 0 aliphatic carbocycles. The molecule has 0 fully saturated rings. The highest BCUT2D eigenvalue weighted by atomic mass is 16.5. The number of amides is 1. The molecule has 2 atom stereocenters. The molecule has 0 saturated carbocycles. The lowest BCUT2D eigenvalue weighted by atomic mass is 10.0. The number of carbonyl (C=O) groups excluding carboxylic acids is 2. The number of ether oxygens (including phenoxy) is 1. The highest BCUT2D eigenvalue weighted by Gasteiger charge is 2.18. The first-order valence-electron chi connectivity index (χ1n) is 24.1. The van der Waals surface area contributed by atoms with E-state index in [-0.39, 0.29) is 18.5 Å². The Morgan fingerprint density at radius 1 is 0.491 bits per heavy atom. The fourth-order valence-corrected chi connectivity index (χ4v) is 7.21. The van der Waals surface area contributed by atoms with E-state index in [2.05, 4.69) is 31.3 Å². The number of carbonyl (C=O) groups is 2. The van der Waals surface area contributed by atoms with E-state index < -0.39 is 12.1 Å². The van der Waals surface area contributed by atoms with Gasteiger partial charge in [-0.25, -0.2) is 0 Å². The summed E-state index contributed by atoms with van der Waals surface area (Å²) in [5.74, 6) is -0.142. The monoisotopic (exact) mass is 776 g/mol. The molecule has 3 N–H and O–H groups in total. The number of aliphatic hydroxyl groups excluding tert-OH is 2. The van der Waals surface area contributed by atoms with Crippen molar-refractivity contribution in [3.63, 3.8) is 0 Å². The van der Waals surface area contributed by atoms with Gasteiger partial charge < -0.3 is 20.3 Å². The maximum atomic E-state index is 12.4. The molecule has 0 saturated heterocycles. The molecule has 6 nitrogen and oxygen atoms in total. The number of hydrogen-bond donors (Lipinski definition) is 3. The summed E-state index contributed by atoms with van der Waals surface area (Å²) in [4.78, 5) is 24.4. The topological polar surface area (TPSA) is 95.9 Å². The molecule has 0 aromatic carbocycles. The van der Waals surface area contributed by atoms with Crippen molar-refractivity contribution < 1.29 is 24.5 Å². The van der Waals surface area contributed by atoms with Gasteiger partial charge in [-0.15, -0.1) is 0 Å². The van der Waals surface area contributed by atoms with Crippen molar-refractivity contribution in [3.05, 3.63) is 24.3 Å². The first kappa shape index (κ1) is 53.3. The van der Waals surface area contributed by atoms with Crippen LogP contribution in [0.4, 0.5) is 0 Å². The molecule has 0 aliphatic heterocycles. The Bertz CT molecular complexity index is 858. The number of nitrogens with one attached hydrogen (secondary N) is 1. The van der Waals surface area contributed by atoms with Crippen molar-refractivity contribution in [1.82, 2.24) is 5.32 Å². The Kier molecular flexibility index (Phi) is 43.7. The fraction of sp³-hybridized carbons (Fsp3) is 0.878. The number of hydrogen-bond acceptors (Lipinski definition) is 5. The van der Waals surface area contributed by atoms with Crippen LogP contribution in [0.15, 0.2) is 24.3 Å². The maximum absolute atomic E-state index is 12.4. The van der Waals surface area contributed by atoms with Gasteiger partial charge in [0.1, 0.15) is 0 Å². The van der Waals surface area contributed by atoms with E-state index in [1.165, 1.54) is 148 Å². The lowest BCUT2D eigenvalue weighted by molar-refractivity contribution is -0.143. The first-order chi connectivity index (χ1) is 27.0. The molecule has 0 aromatic heterocycles. The molecule has 1 amide bonds. The van der Waals surface area contributed by atoms with Crippen LogP contribution in [0, 0.1) is 0 Å². The minimum atomic E-state index is -0.865. The van der Waals surface area contributed by atoms with Gasteiger partial charge in [0.25, 0.3) is 0 Å². The summed E-state index contributed by atoms with van der Waals surface area (Å²) in [5.41, 5.74) is 0. The molecule has 0 bridgehead atoms. The number of aliphatic hydroxyl groups is 2. The summed E-state index contributed by atoms with van der Waals surface area (Å²) in [6.45, 7) is 4.80. The Labute approximate surface area is 341 Å². The van der Waals surface area contributed by atoms with Gasteiger partial charge in [-0.2, -0.15) is 0 Å². The number of unbranched alkanes of at least 4 members (excludes halogenated alkanes) is 31. The van der Waals surface area contributed by atoms with Crippen molar-refractivity contribution in [3.8, 4) is 0 Å². The second-order valence-corrected chi connectivity index (χ2v) is 16.4. The average molecular weight is 776 g/mol. The summed E-state index contributed by atoms with van der Waals surface area (Å²) in [5, 5.41) is 23.0. The van der Waals surface area contributed by atoms with E-state index in [0.717, 1.165) is 77.0 Å². The van der Waals surface area contributed by atoms with Gasteiger partial charge >= 0.3 is 5.97 Å². The van der Waals surface area contributed by atoms with E-state index in [9.17, 15) is 19.8 Å². The van der Waals surface area contributed by atoms with Crippen LogP contribution >= 0.6 is 0 Å². The zero-order chi connectivity index (χ0) is 40.1. The smallest absolute Gasteiger partial charge is 0.305 e. The van der Waals surface area contributed by atoms with Crippen molar-refractivity contribution in [2.75, 3.05) is 13.2 Å². The molecule has 324 valence electrons. The zero-order valence-electron chi connectivity index (χ0n) is 36.7. The van der Waals surface area contributed by atoms with Crippen LogP contribution in [0.25, 0.3) is 0 Å². The van der Waals surface area contributed by atoms with Crippen LogP contribution in [0.1, 0.15) is 251 Å². The Balaban J connectivity index is 3.59. The number of rotatable bonds is 44. The van der Waals surface area contributed by atoms with E-state index in [1.807, 2.05) is 6.08 Å². The van der Waals surface area contributed by atoms with Crippen LogP contribution < -0.4 is 5.32 Å². The van der Waals surface area contributed by atoms with Crippen LogP contribution in [-0.4, -0.2) is 47.4 Å². The third kappa shape index (κ3) is 41.8. The molecule has 0 heterocycles. The van der Waals surface area contributed by atoms with E-state index in [0.29, 0.717) is 19.4 Å². The van der Waals surface area contributed by atoms with Gasteiger partial charge in [0.05, 0.1) is 25.4 Å². The SMILES string of the molecule is CCCCCCCCCCCCCCCCC/C=C/C(O)C(CO)NC(=O)CCCCCC/C=C\CCCCOC(=O)CCCCCCCCCCCCC. The van der Waals surface area contributed by atoms with Crippen LogP contribution in [0.3, 0.4) is 0 Å². The molecular formula is C49H93NO5. The molecule has 0 spiro atoms. The van der Waals surface area contributed by atoms with Gasteiger partial charge in [-0.05, 0) is 57.8 Å². The molecule has 0 radical (unpaired) electrons. The molecule has 2 unspecified atom stereocenters.